The molecule has 0 saturated heterocycles. The third-order valence-corrected chi connectivity index (χ3v) is 3.67. The van der Waals surface area contributed by atoms with Crippen molar-refractivity contribution in [3.05, 3.63) is 46.2 Å². The van der Waals surface area contributed by atoms with Gasteiger partial charge in [-0.3, -0.25) is 9.78 Å². The van der Waals surface area contributed by atoms with Gasteiger partial charge in [-0.05, 0) is 18.6 Å². The van der Waals surface area contributed by atoms with E-state index in [0.717, 1.165) is 5.69 Å². The van der Waals surface area contributed by atoms with Crippen molar-refractivity contribution in [2.45, 2.75) is 19.3 Å². The number of carbonyl (C=O) groups excluding carboxylic acids is 1. The van der Waals surface area contributed by atoms with Crippen molar-refractivity contribution in [3.63, 3.8) is 0 Å². The standard InChI is InChI=1S/C14H15N3O3S/c18-12(5-4-10-3-1-2-7-15-10)16-8-6-13-17-11(9-21-13)14(19)20/h1-3,7,9H,4-6,8H2,(H,16,18)(H,19,20). The summed E-state index contributed by atoms with van der Waals surface area (Å²) < 4.78 is 0. The van der Waals surface area contributed by atoms with Crippen LogP contribution >= 0.6 is 11.3 Å². The lowest BCUT2D eigenvalue weighted by Gasteiger charge is -2.03. The Hall–Kier alpha value is -2.28. The Morgan fingerprint density at radius 1 is 1.29 bits per heavy atom. The van der Waals surface area contributed by atoms with Gasteiger partial charge in [0.25, 0.3) is 0 Å². The summed E-state index contributed by atoms with van der Waals surface area (Å²) in [6.45, 7) is 0.452. The van der Waals surface area contributed by atoms with Gasteiger partial charge in [-0.25, -0.2) is 9.78 Å². The summed E-state index contributed by atoms with van der Waals surface area (Å²) in [5.41, 5.74) is 0.940. The second kappa shape index (κ2) is 7.49. The summed E-state index contributed by atoms with van der Waals surface area (Å²) in [7, 11) is 0. The lowest BCUT2D eigenvalue weighted by Crippen LogP contribution is -2.25. The van der Waals surface area contributed by atoms with Gasteiger partial charge < -0.3 is 10.4 Å². The van der Waals surface area contributed by atoms with Gasteiger partial charge in [-0.2, -0.15) is 0 Å². The molecule has 0 aliphatic carbocycles. The highest BCUT2D eigenvalue weighted by Crippen LogP contribution is 2.09. The molecule has 2 aromatic rings. The Balaban J connectivity index is 1.68. The molecular weight excluding hydrogens is 290 g/mol. The van der Waals surface area contributed by atoms with Gasteiger partial charge in [0.15, 0.2) is 5.69 Å². The molecule has 6 nitrogen and oxygen atoms in total. The van der Waals surface area contributed by atoms with Crippen molar-refractivity contribution < 1.29 is 14.7 Å². The van der Waals surface area contributed by atoms with Crippen LogP contribution in [-0.4, -0.2) is 33.5 Å². The number of nitrogens with zero attached hydrogens (tertiary/aromatic N) is 2. The van der Waals surface area contributed by atoms with Gasteiger partial charge in [0.05, 0.1) is 5.01 Å². The van der Waals surface area contributed by atoms with Gasteiger partial charge in [-0.15, -0.1) is 11.3 Å². The third-order valence-electron chi connectivity index (χ3n) is 2.77. The fourth-order valence-electron chi connectivity index (χ4n) is 1.71. The summed E-state index contributed by atoms with van der Waals surface area (Å²) in [4.78, 5) is 30.5. The molecule has 1 amide bonds. The van der Waals surface area contributed by atoms with Crippen molar-refractivity contribution in [2.75, 3.05) is 6.54 Å². The zero-order valence-corrected chi connectivity index (χ0v) is 12.1. The Morgan fingerprint density at radius 3 is 2.81 bits per heavy atom. The number of hydrogen-bond donors (Lipinski definition) is 2. The highest BCUT2D eigenvalue weighted by molar-refractivity contribution is 7.09. The Kier molecular flexibility index (Phi) is 5.39. The summed E-state index contributed by atoms with van der Waals surface area (Å²) in [5.74, 6) is -1.08. The third kappa shape index (κ3) is 4.96. The Bertz CT molecular complexity index is 613. The quantitative estimate of drug-likeness (QED) is 0.809. The van der Waals surface area contributed by atoms with E-state index in [1.54, 1.807) is 6.20 Å². The molecule has 110 valence electrons. The maximum atomic E-state index is 11.7. The van der Waals surface area contributed by atoms with E-state index in [1.165, 1.54) is 16.7 Å². The summed E-state index contributed by atoms with van der Waals surface area (Å²) in [6.07, 6.45) is 3.23. The predicted octanol–water partition coefficient (Wildman–Crippen LogP) is 1.53. The van der Waals surface area contributed by atoms with E-state index in [9.17, 15) is 9.59 Å². The number of pyridine rings is 1. The van der Waals surface area contributed by atoms with Crippen LogP contribution in [0.1, 0.15) is 27.6 Å². The molecule has 2 heterocycles. The molecule has 2 aromatic heterocycles. The predicted molar refractivity (Wildman–Crippen MR) is 78.3 cm³/mol. The largest absolute Gasteiger partial charge is 0.476 e. The fourth-order valence-corrected chi connectivity index (χ4v) is 2.48. The van der Waals surface area contributed by atoms with Crippen LogP contribution in [0.5, 0.6) is 0 Å². The van der Waals surface area contributed by atoms with Crippen LogP contribution in [0.2, 0.25) is 0 Å². The molecular formula is C14H15N3O3S. The summed E-state index contributed by atoms with van der Waals surface area (Å²) in [5, 5.41) is 13.8. The highest BCUT2D eigenvalue weighted by atomic mass is 32.1. The van der Waals surface area contributed by atoms with Gasteiger partial charge in [0.1, 0.15) is 0 Å². The fraction of sp³-hybridized carbons (Fsp3) is 0.286. The first-order valence-corrected chi connectivity index (χ1v) is 7.37. The molecule has 0 aliphatic heterocycles. The minimum atomic E-state index is -1.03. The van der Waals surface area contributed by atoms with Crippen LogP contribution < -0.4 is 5.32 Å². The number of carbonyl (C=O) groups is 2. The first-order valence-electron chi connectivity index (χ1n) is 6.49. The van der Waals surface area contributed by atoms with Crippen LogP contribution in [0.25, 0.3) is 0 Å². The molecule has 0 atom stereocenters. The number of carboxylic acid groups (broad SMARTS) is 1. The second-order valence-corrected chi connectivity index (χ2v) is 5.30. The van der Waals surface area contributed by atoms with E-state index in [4.69, 9.17) is 5.11 Å². The number of thiazole rings is 1. The Morgan fingerprint density at radius 2 is 2.14 bits per heavy atom. The van der Waals surface area contributed by atoms with Gasteiger partial charge in [-0.1, -0.05) is 6.07 Å². The highest BCUT2D eigenvalue weighted by Gasteiger charge is 2.09. The Labute approximate surface area is 125 Å². The van der Waals surface area contributed by atoms with E-state index in [2.05, 4.69) is 15.3 Å². The van der Waals surface area contributed by atoms with Crippen LogP contribution in [-0.2, 0) is 17.6 Å². The minimum Gasteiger partial charge on any atom is -0.476 e. The number of aromatic nitrogens is 2. The van der Waals surface area contributed by atoms with Crippen molar-refractivity contribution in [2.24, 2.45) is 0 Å². The molecule has 0 fully saturated rings. The van der Waals surface area contributed by atoms with Crippen molar-refractivity contribution in [1.29, 1.82) is 0 Å². The van der Waals surface area contributed by atoms with Gasteiger partial charge in [0, 0.05) is 36.7 Å². The van der Waals surface area contributed by atoms with E-state index in [0.29, 0.717) is 30.8 Å². The molecule has 2 N–H and O–H groups in total. The van der Waals surface area contributed by atoms with Crippen molar-refractivity contribution in [1.82, 2.24) is 15.3 Å². The molecule has 0 bridgehead atoms. The SMILES string of the molecule is O=C(CCc1ccccn1)NCCc1nc(C(=O)O)cs1. The average molecular weight is 305 g/mol. The topological polar surface area (TPSA) is 92.2 Å². The number of amides is 1. The smallest absolute Gasteiger partial charge is 0.355 e. The normalized spacial score (nSPS) is 10.3. The van der Waals surface area contributed by atoms with Crippen molar-refractivity contribution in [3.8, 4) is 0 Å². The second-order valence-electron chi connectivity index (χ2n) is 4.35. The first kappa shape index (κ1) is 15.1. The lowest BCUT2D eigenvalue weighted by molar-refractivity contribution is -0.121. The van der Waals surface area contributed by atoms with E-state index < -0.39 is 5.97 Å². The molecule has 0 aromatic carbocycles. The first-order chi connectivity index (χ1) is 10.1. The number of carboxylic acids is 1. The number of aryl methyl sites for hydroxylation is 1. The number of hydrogen-bond acceptors (Lipinski definition) is 5. The molecule has 21 heavy (non-hydrogen) atoms. The molecule has 0 spiro atoms. The number of rotatable bonds is 7. The summed E-state index contributed by atoms with van der Waals surface area (Å²) in [6, 6.07) is 5.61. The zero-order chi connectivity index (χ0) is 15.1. The van der Waals surface area contributed by atoms with Crippen molar-refractivity contribution >= 4 is 23.2 Å². The number of nitrogens with one attached hydrogen (secondary N) is 1. The van der Waals surface area contributed by atoms with Crippen LogP contribution in [0, 0.1) is 0 Å². The van der Waals surface area contributed by atoms with Crippen LogP contribution in [0.3, 0.4) is 0 Å². The van der Waals surface area contributed by atoms with E-state index in [1.807, 2.05) is 18.2 Å². The lowest BCUT2D eigenvalue weighted by atomic mass is 10.2. The van der Waals surface area contributed by atoms with E-state index >= 15 is 0 Å². The van der Waals surface area contributed by atoms with Crippen LogP contribution in [0.4, 0.5) is 0 Å². The molecule has 0 radical (unpaired) electrons. The molecule has 2 rings (SSSR count). The molecule has 0 unspecified atom stereocenters. The summed E-state index contributed by atoms with van der Waals surface area (Å²) >= 11 is 1.29. The van der Waals surface area contributed by atoms with E-state index in [-0.39, 0.29) is 11.6 Å². The average Bonchev–Trinajstić information content (AvgIpc) is 2.95. The zero-order valence-electron chi connectivity index (χ0n) is 11.3. The molecule has 7 heteroatoms. The number of aromatic carboxylic acids is 1. The molecule has 0 saturated carbocycles. The maximum Gasteiger partial charge on any atom is 0.355 e. The monoisotopic (exact) mass is 305 g/mol. The van der Waals surface area contributed by atoms with Gasteiger partial charge >= 0.3 is 5.97 Å². The molecule has 0 aliphatic rings. The maximum absolute atomic E-state index is 11.7. The van der Waals surface area contributed by atoms with Gasteiger partial charge in [0.2, 0.25) is 5.91 Å². The van der Waals surface area contributed by atoms with Crippen LogP contribution in [0.15, 0.2) is 29.8 Å². The minimum absolute atomic E-state index is 0.0457.